The predicted molar refractivity (Wildman–Crippen MR) is 92.9 cm³/mol. The summed E-state index contributed by atoms with van der Waals surface area (Å²) in [4.78, 5) is 14.8. The smallest absolute Gasteiger partial charge is 0.225 e. The van der Waals surface area contributed by atoms with Crippen molar-refractivity contribution < 1.29 is 4.79 Å². The Balaban J connectivity index is 1.63. The van der Waals surface area contributed by atoms with Crippen molar-refractivity contribution in [2.75, 3.05) is 20.6 Å². The van der Waals surface area contributed by atoms with Gasteiger partial charge in [0.15, 0.2) is 0 Å². The molecule has 2 fully saturated rings. The Labute approximate surface area is 139 Å². The highest BCUT2D eigenvalue weighted by Crippen LogP contribution is 2.47. The highest BCUT2D eigenvalue weighted by molar-refractivity contribution is 5.80. The molecule has 23 heavy (non-hydrogen) atoms. The molecule has 1 amide bonds. The number of fused-ring (bicyclic) bond motifs is 2. The summed E-state index contributed by atoms with van der Waals surface area (Å²) in [6.45, 7) is 2.72. The van der Waals surface area contributed by atoms with E-state index in [1.807, 2.05) is 0 Å². The summed E-state index contributed by atoms with van der Waals surface area (Å²) < 4.78 is 0. The number of hydrogen-bond acceptors (Lipinski definition) is 3. The van der Waals surface area contributed by atoms with Gasteiger partial charge in [-0.25, -0.2) is 0 Å². The number of carbonyl (C=O) groups is 1. The summed E-state index contributed by atoms with van der Waals surface area (Å²) in [6.07, 6.45) is 3.53. The van der Waals surface area contributed by atoms with Gasteiger partial charge in [0.25, 0.3) is 0 Å². The van der Waals surface area contributed by atoms with Crippen molar-refractivity contribution in [2.45, 2.75) is 38.3 Å². The molecule has 0 radical (unpaired) electrons. The van der Waals surface area contributed by atoms with Gasteiger partial charge in [-0.3, -0.25) is 4.79 Å². The standard InChI is InChI=1S/C19H29N3O/c1-12-4-6-13(7-5-12)16(22(2)3)11-21-19(23)17-14-8-9-15(10-14)18(17)20/h4-7,14-18H,8-11,20H2,1-3H3,(H,21,23). The van der Waals surface area contributed by atoms with Gasteiger partial charge in [-0.1, -0.05) is 29.8 Å². The Morgan fingerprint density at radius 3 is 2.48 bits per heavy atom. The molecule has 1 aromatic rings. The highest BCUT2D eigenvalue weighted by atomic mass is 16.2. The van der Waals surface area contributed by atoms with Crippen molar-refractivity contribution in [3.63, 3.8) is 0 Å². The first-order valence-electron chi connectivity index (χ1n) is 8.73. The van der Waals surface area contributed by atoms with E-state index in [9.17, 15) is 4.79 Å². The van der Waals surface area contributed by atoms with Gasteiger partial charge in [0.1, 0.15) is 0 Å². The van der Waals surface area contributed by atoms with E-state index < -0.39 is 0 Å². The largest absolute Gasteiger partial charge is 0.354 e. The molecule has 0 saturated heterocycles. The maximum absolute atomic E-state index is 12.6. The lowest BCUT2D eigenvalue weighted by molar-refractivity contribution is -0.127. The lowest BCUT2D eigenvalue weighted by atomic mass is 9.84. The van der Waals surface area contributed by atoms with Gasteiger partial charge in [-0.2, -0.15) is 0 Å². The molecule has 2 saturated carbocycles. The molecule has 0 spiro atoms. The molecule has 126 valence electrons. The molecule has 1 aromatic carbocycles. The second-order valence-electron chi connectivity index (χ2n) is 7.57. The van der Waals surface area contributed by atoms with Crippen LogP contribution in [0.3, 0.4) is 0 Å². The second kappa shape index (κ2) is 6.62. The minimum atomic E-state index is 0.0228. The van der Waals surface area contributed by atoms with Crippen LogP contribution < -0.4 is 11.1 Å². The molecule has 5 atom stereocenters. The van der Waals surface area contributed by atoms with Gasteiger partial charge >= 0.3 is 0 Å². The van der Waals surface area contributed by atoms with Crippen molar-refractivity contribution in [1.82, 2.24) is 10.2 Å². The summed E-state index contributed by atoms with van der Waals surface area (Å²) in [5, 5.41) is 3.17. The molecule has 4 heteroatoms. The van der Waals surface area contributed by atoms with E-state index in [0.717, 1.165) is 6.42 Å². The zero-order valence-electron chi connectivity index (χ0n) is 14.5. The van der Waals surface area contributed by atoms with E-state index in [1.165, 1.54) is 24.0 Å². The van der Waals surface area contributed by atoms with Crippen LogP contribution in [0.5, 0.6) is 0 Å². The predicted octanol–water partition coefficient (Wildman–Crippen LogP) is 2.09. The summed E-state index contributed by atoms with van der Waals surface area (Å²) in [7, 11) is 4.11. The maximum Gasteiger partial charge on any atom is 0.225 e. The van der Waals surface area contributed by atoms with Crippen LogP contribution in [0.15, 0.2) is 24.3 Å². The summed E-state index contributed by atoms with van der Waals surface area (Å²) >= 11 is 0. The average Bonchev–Trinajstić information content (AvgIpc) is 3.09. The third kappa shape index (κ3) is 3.29. The molecule has 2 bridgehead atoms. The number of amides is 1. The maximum atomic E-state index is 12.6. The molecule has 3 N–H and O–H groups in total. The molecular weight excluding hydrogens is 286 g/mol. The van der Waals surface area contributed by atoms with Gasteiger partial charge in [0.05, 0.1) is 12.0 Å². The number of nitrogens with zero attached hydrogens (tertiary/aromatic N) is 1. The van der Waals surface area contributed by atoms with Crippen LogP contribution in [0, 0.1) is 24.7 Å². The van der Waals surface area contributed by atoms with E-state index in [4.69, 9.17) is 5.73 Å². The van der Waals surface area contributed by atoms with Crippen molar-refractivity contribution in [1.29, 1.82) is 0 Å². The van der Waals surface area contributed by atoms with Crippen LogP contribution in [0.25, 0.3) is 0 Å². The fourth-order valence-electron chi connectivity index (χ4n) is 4.43. The van der Waals surface area contributed by atoms with E-state index in [-0.39, 0.29) is 23.9 Å². The number of nitrogens with two attached hydrogens (primary N) is 1. The summed E-state index contributed by atoms with van der Waals surface area (Å²) in [5.74, 6) is 1.25. The lowest BCUT2D eigenvalue weighted by Gasteiger charge is -2.29. The number of nitrogens with one attached hydrogen (secondary N) is 1. The summed E-state index contributed by atoms with van der Waals surface area (Å²) in [6, 6.07) is 8.80. The quantitative estimate of drug-likeness (QED) is 0.875. The number of carbonyl (C=O) groups excluding carboxylic acids is 1. The Kier molecular flexibility index (Phi) is 4.74. The Hall–Kier alpha value is -1.39. The molecule has 5 unspecified atom stereocenters. The molecular formula is C19H29N3O. The molecule has 3 rings (SSSR count). The Morgan fingerprint density at radius 2 is 1.91 bits per heavy atom. The molecule has 2 aliphatic rings. The number of benzene rings is 1. The number of likely N-dealkylation sites (N-methyl/N-ethyl adjacent to an activating group) is 1. The monoisotopic (exact) mass is 315 g/mol. The van der Waals surface area contributed by atoms with E-state index in [2.05, 4.69) is 55.5 Å². The molecule has 0 aromatic heterocycles. The third-order valence-electron chi connectivity index (χ3n) is 5.84. The van der Waals surface area contributed by atoms with Gasteiger partial charge in [-0.05, 0) is 57.7 Å². The zero-order chi connectivity index (χ0) is 16.6. The van der Waals surface area contributed by atoms with Crippen LogP contribution in [-0.2, 0) is 4.79 Å². The van der Waals surface area contributed by atoms with Crippen LogP contribution >= 0.6 is 0 Å². The minimum absolute atomic E-state index is 0.0228. The number of aryl methyl sites for hydroxylation is 1. The first kappa shape index (κ1) is 16.5. The van der Waals surface area contributed by atoms with Crippen molar-refractivity contribution >= 4 is 5.91 Å². The fourth-order valence-corrected chi connectivity index (χ4v) is 4.43. The van der Waals surface area contributed by atoms with Gasteiger partial charge in [-0.15, -0.1) is 0 Å². The van der Waals surface area contributed by atoms with E-state index >= 15 is 0 Å². The van der Waals surface area contributed by atoms with Gasteiger partial charge in [0, 0.05) is 12.6 Å². The Bertz CT molecular complexity index is 552. The minimum Gasteiger partial charge on any atom is -0.354 e. The van der Waals surface area contributed by atoms with Gasteiger partial charge < -0.3 is 16.0 Å². The normalized spacial score (nSPS) is 30.7. The van der Waals surface area contributed by atoms with Crippen molar-refractivity contribution in [2.24, 2.45) is 23.5 Å². The van der Waals surface area contributed by atoms with Crippen molar-refractivity contribution in [3.05, 3.63) is 35.4 Å². The van der Waals surface area contributed by atoms with Crippen LogP contribution in [0.4, 0.5) is 0 Å². The molecule has 2 aliphatic carbocycles. The second-order valence-corrected chi connectivity index (χ2v) is 7.57. The summed E-state index contributed by atoms with van der Waals surface area (Å²) in [5.41, 5.74) is 8.78. The number of hydrogen-bond donors (Lipinski definition) is 2. The van der Waals surface area contributed by atoms with Crippen LogP contribution in [-0.4, -0.2) is 37.5 Å². The fraction of sp³-hybridized carbons (Fsp3) is 0.632. The average molecular weight is 315 g/mol. The van der Waals surface area contributed by atoms with Gasteiger partial charge in [0.2, 0.25) is 5.91 Å². The highest BCUT2D eigenvalue weighted by Gasteiger charge is 2.49. The SMILES string of the molecule is Cc1ccc(C(CNC(=O)C2C3CCC(C3)C2N)N(C)C)cc1. The lowest BCUT2D eigenvalue weighted by Crippen LogP contribution is -2.46. The Morgan fingerprint density at radius 1 is 1.26 bits per heavy atom. The zero-order valence-corrected chi connectivity index (χ0v) is 14.5. The van der Waals surface area contributed by atoms with Crippen LogP contribution in [0.1, 0.15) is 36.4 Å². The topological polar surface area (TPSA) is 58.4 Å². The molecule has 0 aliphatic heterocycles. The van der Waals surface area contributed by atoms with Crippen molar-refractivity contribution in [3.8, 4) is 0 Å². The number of rotatable bonds is 5. The molecule has 0 heterocycles. The van der Waals surface area contributed by atoms with E-state index in [0.29, 0.717) is 18.4 Å². The van der Waals surface area contributed by atoms with E-state index in [1.54, 1.807) is 0 Å². The first-order valence-corrected chi connectivity index (χ1v) is 8.73. The first-order chi connectivity index (χ1) is 11.0. The van der Waals surface area contributed by atoms with Crippen LogP contribution in [0.2, 0.25) is 0 Å². The molecule has 4 nitrogen and oxygen atoms in total. The third-order valence-corrected chi connectivity index (χ3v) is 5.84.